The Morgan fingerprint density at radius 2 is 1.56 bits per heavy atom. The second-order valence-electron chi connectivity index (χ2n) is 4.06. The Kier molecular flexibility index (Phi) is 4.13. The first-order valence-electron chi connectivity index (χ1n) is 5.32. The Morgan fingerprint density at radius 1 is 0.889 bits per heavy atom. The van der Waals surface area contributed by atoms with E-state index in [1.165, 1.54) is 0 Å². The van der Waals surface area contributed by atoms with Crippen LogP contribution in [0.4, 0.5) is 0 Å². The van der Waals surface area contributed by atoms with Crippen molar-refractivity contribution in [3.63, 3.8) is 0 Å². The summed E-state index contributed by atoms with van der Waals surface area (Å²) in [5, 5.41) is 1.25. The van der Waals surface area contributed by atoms with E-state index in [9.17, 15) is 0 Å². The van der Waals surface area contributed by atoms with Gasteiger partial charge in [-0.05, 0) is 36.2 Å². The van der Waals surface area contributed by atoms with Gasteiger partial charge in [0.1, 0.15) is 4.33 Å². The highest BCUT2D eigenvalue weighted by Crippen LogP contribution is 2.42. The van der Waals surface area contributed by atoms with Crippen molar-refractivity contribution >= 4 is 46.4 Å². The van der Waals surface area contributed by atoms with Crippen molar-refractivity contribution in [2.24, 2.45) is 0 Å². The lowest BCUT2D eigenvalue weighted by Crippen LogP contribution is -2.06. The minimum Gasteiger partial charge on any atom is -0.0966 e. The topological polar surface area (TPSA) is 0 Å². The molecule has 0 aliphatic heterocycles. The van der Waals surface area contributed by atoms with Gasteiger partial charge in [-0.1, -0.05) is 70.7 Å². The summed E-state index contributed by atoms with van der Waals surface area (Å²) in [6.07, 6.45) is 0. The monoisotopic (exact) mass is 318 g/mol. The molecule has 4 heteroatoms. The van der Waals surface area contributed by atoms with Crippen LogP contribution >= 0.6 is 46.4 Å². The maximum atomic E-state index is 6.20. The average molecular weight is 320 g/mol. The summed E-state index contributed by atoms with van der Waals surface area (Å²) in [6.45, 7) is 1.72. The van der Waals surface area contributed by atoms with Gasteiger partial charge in [0.2, 0.25) is 0 Å². The Bertz CT molecular complexity index is 570. The van der Waals surface area contributed by atoms with Gasteiger partial charge in [0.25, 0.3) is 0 Å². The van der Waals surface area contributed by atoms with Crippen LogP contribution in [0, 0.1) is 0 Å². The van der Waals surface area contributed by atoms with E-state index in [4.69, 9.17) is 46.4 Å². The normalized spacial score (nSPS) is 11.6. The fraction of sp³-hybridized carbons (Fsp3) is 0.143. The highest BCUT2D eigenvalue weighted by Gasteiger charge is 2.24. The molecule has 0 aliphatic rings. The molecule has 0 fully saturated rings. The van der Waals surface area contributed by atoms with E-state index in [0.29, 0.717) is 10.0 Å². The molecule has 0 unspecified atom stereocenters. The molecule has 0 N–H and O–H groups in total. The maximum Gasteiger partial charge on any atom is 0.141 e. The van der Waals surface area contributed by atoms with Gasteiger partial charge in [0.05, 0.1) is 0 Å². The molecule has 0 aliphatic carbocycles. The molecule has 0 amide bonds. The molecule has 2 rings (SSSR count). The van der Waals surface area contributed by atoms with Gasteiger partial charge in [0, 0.05) is 15.6 Å². The van der Waals surface area contributed by atoms with Crippen molar-refractivity contribution in [1.82, 2.24) is 0 Å². The highest BCUT2D eigenvalue weighted by molar-refractivity contribution is 6.48. The van der Waals surface area contributed by atoms with Crippen LogP contribution in [0.25, 0.3) is 11.1 Å². The first-order chi connectivity index (χ1) is 8.39. The second-order valence-corrected chi connectivity index (χ2v) is 6.61. The Balaban J connectivity index is 2.70. The van der Waals surface area contributed by atoms with Gasteiger partial charge in [-0.25, -0.2) is 0 Å². The third-order valence-electron chi connectivity index (χ3n) is 2.62. The summed E-state index contributed by atoms with van der Waals surface area (Å²) in [7, 11) is 0. The largest absolute Gasteiger partial charge is 0.141 e. The minimum atomic E-state index is -1.00. The molecule has 0 spiro atoms. The minimum absolute atomic E-state index is 0.617. The second kappa shape index (κ2) is 5.30. The summed E-state index contributed by atoms with van der Waals surface area (Å²) in [5.74, 6) is 0. The van der Waals surface area contributed by atoms with Gasteiger partial charge < -0.3 is 0 Å². The number of benzene rings is 2. The summed E-state index contributed by atoms with van der Waals surface area (Å²) >= 11 is 24.6. The van der Waals surface area contributed by atoms with E-state index in [-0.39, 0.29) is 0 Å². The van der Waals surface area contributed by atoms with E-state index < -0.39 is 4.33 Å². The number of rotatable bonds is 2. The molecule has 0 saturated heterocycles. The van der Waals surface area contributed by atoms with Crippen LogP contribution in [0.3, 0.4) is 0 Å². The Hall–Kier alpha value is -0.400. The first kappa shape index (κ1) is 14.0. The lowest BCUT2D eigenvalue weighted by atomic mass is 9.97. The van der Waals surface area contributed by atoms with Gasteiger partial charge >= 0.3 is 0 Å². The van der Waals surface area contributed by atoms with Crippen LogP contribution in [0.5, 0.6) is 0 Å². The van der Waals surface area contributed by atoms with Gasteiger partial charge in [-0.15, -0.1) is 0 Å². The highest BCUT2D eigenvalue weighted by atomic mass is 35.5. The fourth-order valence-corrected chi connectivity index (χ4v) is 2.54. The van der Waals surface area contributed by atoms with Crippen LogP contribution in [0.1, 0.15) is 12.5 Å². The lowest BCUT2D eigenvalue weighted by molar-refractivity contribution is 0.980. The van der Waals surface area contributed by atoms with E-state index >= 15 is 0 Å². The Morgan fingerprint density at radius 3 is 2.17 bits per heavy atom. The predicted octanol–water partition coefficient (Wildman–Crippen LogP) is 6.31. The van der Waals surface area contributed by atoms with Crippen molar-refractivity contribution in [1.29, 1.82) is 0 Å². The molecular formula is C14H10Cl4. The molecule has 0 atom stereocenters. The van der Waals surface area contributed by atoms with Crippen molar-refractivity contribution < 1.29 is 0 Å². The van der Waals surface area contributed by atoms with Crippen molar-refractivity contribution in [2.75, 3.05) is 0 Å². The van der Waals surface area contributed by atoms with Crippen molar-refractivity contribution in [3.05, 3.63) is 58.1 Å². The number of alkyl halides is 2. The van der Waals surface area contributed by atoms with Crippen LogP contribution < -0.4 is 0 Å². The van der Waals surface area contributed by atoms with Gasteiger partial charge in [-0.2, -0.15) is 0 Å². The quantitative estimate of drug-likeness (QED) is 0.569. The average Bonchev–Trinajstić information content (AvgIpc) is 2.27. The summed E-state index contributed by atoms with van der Waals surface area (Å²) in [5.41, 5.74) is 2.49. The van der Waals surface area contributed by atoms with Crippen molar-refractivity contribution in [3.8, 4) is 11.1 Å². The van der Waals surface area contributed by atoms with E-state index in [2.05, 4.69) is 0 Å². The molecule has 0 saturated carbocycles. The van der Waals surface area contributed by atoms with Crippen LogP contribution in [-0.4, -0.2) is 0 Å². The Labute approximate surface area is 126 Å². The lowest BCUT2D eigenvalue weighted by Gasteiger charge is -2.19. The molecule has 18 heavy (non-hydrogen) atoms. The number of halogens is 4. The molecule has 0 bridgehead atoms. The first-order valence-corrected chi connectivity index (χ1v) is 6.83. The zero-order valence-corrected chi connectivity index (χ0v) is 12.6. The molecule has 0 heterocycles. The summed E-state index contributed by atoms with van der Waals surface area (Å²) in [6, 6.07) is 12.9. The third kappa shape index (κ3) is 2.95. The third-order valence-corrected chi connectivity index (χ3v) is 3.59. The molecule has 0 radical (unpaired) electrons. The number of hydrogen-bond donors (Lipinski definition) is 0. The smallest absolute Gasteiger partial charge is 0.0966 e. The van der Waals surface area contributed by atoms with Gasteiger partial charge in [-0.3, -0.25) is 0 Å². The van der Waals surface area contributed by atoms with Crippen LogP contribution in [-0.2, 0) is 4.33 Å². The molecule has 0 aromatic heterocycles. The SMILES string of the molecule is CC(Cl)(Cl)c1ccc(Cl)cc1-c1ccccc1Cl. The maximum absolute atomic E-state index is 6.20. The van der Waals surface area contributed by atoms with E-state index in [1.807, 2.05) is 36.4 Å². The molecule has 2 aromatic rings. The summed E-state index contributed by atoms with van der Waals surface area (Å²) < 4.78 is -1.00. The van der Waals surface area contributed by atoms with E-state index in [0.717, 1.165) is 16.7 Å². The fourth-order valence-electron chi connectivity index (χ4n) is 1.80. The molecule has 0 nitrogen and oxygen atoms in total. The molecular weight excluding hydrogens is 310 g/mol. The standard InChI is InChI=1S/C14H10Cl4/c1-14(17,18)12-7-6-9(15)8-11(12)10-4-2-3-5-13(10)16/h2-8H,1H3. The molecule has 94 valence electrons. The van der Waals surface area contributed by atoms with Gasteiger partial charge in [0.15, 0.2) is 0 Å². The zero-order chi connectivity index (χ0) is 13.3. The predicted molar refractivity (Wildman–Crippen MR) is 81.0 cm³/mol. The van der Waals surface area contributed by atoms with Crippen molar-refractivity contribution in [2.45, 2.75) is 11.3 Å². The van der Waals surface area contributed by atoms with Crippen LogP contribution in [0.2, 0.25) is 10.0 Å². The number of hydrogen-bond acceptors (Lipinski definition) is 0. The zero-order valence-electron chi connectivity index (χ0n) is 9.55. The van der Waals surface area contributed by atoms with Crippen LogP contribution in [0.15, 0.2) is 42.5 Å². The summed E-state index contributed by atoms with van der Waals surface area (Å²) in [4.78, 5) is 0. The molecule has 2 aromatic carbocycles. The van der Waals surface area contributed by atoms with E-state index in [1.54, 1.807) is 13.0 Å².